The number of pyridine rings is 1. The lowest BCUT2D eigenvalue weighted by molar-refractivity contribution is 0.286. The van der Waals surface area contributed by atoms with Crippen LogP contribution < -0.4 is 10.6 Å². The third-order valence-electron chi connectivity index (χ3n) is 5.23. The van der Waals surface area contributed by atoms with Gasteiger partial charge in [0.15, 0.2) is 0 Å². The summed E-state index contributed by atoms with van der Waals surface area (Å²) in [4.78, 5) is 4.59. The predicted molar refractivity (Wildman–Crippen MR) is 88.9 cm³/mol. The van der Waals surface area contributed by atoms with E-state index in [4.69, 9.17) is 0 Å². The number of fused-ring (bicyclic) bond motifs is 3. The maximum atomic E-state index is 4.59. The number of para-hydroxylation sites is 1. The summed E-state index contributed by atoms with van der Waals surface area (Å²) in [6.07, 6.45) is 10.2. The van der Waals surface area contributed by atoms with E-state index in [1.165, 1.54) is 49.6 Å². The Bertz CT molecular complexity index is 642. The number of hydrogen-bond donors (Lipinski definition) is 2. The number of anilines is 2. The highest BCUT2D eigenvalue weighted by atomic mass is 15.0. The molecule has 2 heterocycles. The highest BCUT2D eigenvalue weighted by Crippen LogP contribution is 2.40. The van der Waals surface area contributed by atoms with Crippen molar-refractivity contribution in [2.24, 2.45) is 5.41 Å². The third kappa shape index (κ3) is 2.35. The minimum Gasteiger partial charge on any atom is -0.382 e. The van der Waals surface area contributed by atoms with E-state index >= 15 is 0 Å². The maximum absolute atomic E-state index is 4.59. The Labute approximate surface area is 126 Å². The summed E-state index contributed by atoms with van der Waals surface area (Å²) >= 11 is 0. The lowest BCUT2D eigenvalue weighted by Gasteiger charge is -2.31. The largest absolute Gasteiger partial charge is 0.382 e. The quantitative estimate of drug-likeness (QED) is 0.751. The first-order valence-corrected chi connectivity index (χ1v) is 8.22. The Morgan fingerprint density at radius 3 is 2.52 bits per heavy atom. The van der Waals surface area contributed by atoms with E-state index < -0.39 is 0 Å². The van der Waals surface area contributed by atoms with Gasteiger partial charge in [-0.2, -0.15) is 0 Å². The number of benzene rings is 1. The Kier molecular flexibility index (Phi) is 3.21. The molecule has 2 aromatic rings. The Morgan fingerprint density at radius 1 is 0.905 bits per heavy atom. The zero-order chi connectivity index (χ0) is 14.1. The van der Waals surface area contributed by atoms with E-state index in [1.54, 1.807) is 0 Å². The van der Waals surface area contributed by atoms with Crippen LogP contribution in [0.5, 0.6) is 0 Å². The van der Waals surface area contributed by atoms with Crippen molar-refractivity contribution < 1.29 is 0 Å². The second-order valence-electron chi connectivity index (χ2n) is 6.69. The van der Waals surface area contributed by atoms with Crippen molar-refractivity contribution in [3.8, 4) is 0 Å². The van der Waals surface area contributed by atoms with Gasteiger partial charge in [-0.05, 0) is 18.9 Å². The van der Waals surface area contributed by atoms with Crippen LogP contribution in [0.2, 0.25) is 0 Å². The molecule has 2 N–H and O–H groups in total. The fourth-order valence-electron chi connectivity index (χ4n) is 3.92. The van der Waals surface area contributed by atoms with Gasteiger partial charge in [-0.1, -0.05) is 43.9 Å². The van der Waals surface area contributed by atoms with Gasteiger partial charge < -0.3 is 10.6 Å². The number of nitrogens with zero attached hydrogens (tertiary/aromatic N) is 1. The van der Waals surface area contributed by atoms with Crippen molar-refractivity contribution in [1.29, 1.82) is 0 Å². The molecular formula is C18H23N3. The first-order chi connectivity index (χ1) is 10.4. The zero-order valence-electron chi connectivity index (χ0n) is 12.5. The van der Waals surface area contributed by atoms with Crippen molar-refractivity contribution in [1.82, 2.24) is 4.98 Å². The van der Waals surface area contributed by atoms with E-state index in [1.807, 2.05) is 6.20 Å². The summed E-state index contributed by atoms with van der Waals surface area (Å²) < 4.78 is 0. The minimum absolute atomic E-state index is 0.413. The van der Waals surface area contributed by atoms with Gasteiger partial charge in [0.05, 0.1) is 23.1 Å². The maximum Gasteiger partial charge on any atom is 0.0769 e. The van der Waals surface area contributed by atoms with Gasteiger partial charge in [0.25, 0.3) is 0 Å². The van der Waals surface area contributed by atoms with Crippen LogP contribution in [0.3, 0.4) is 0 Å². The van der Waals surface area contributed by atoms with Crippen molar-refractivity contribution in [3.05, 3.63) is 30.5 Å². The molecule has 0 radical (unpaired) electrons. The van der Waals surface area contributed by atoms with Crippen LogP contribution in [0.15, 0.2) is 30.5 Å². The molecule has 110 valence electrons. The second-order valence-corrected chi connectivity index (χ2v) is 6.69. The Morgan fingerprint density at radius 2 is 1.67 bits per heavy atom. The van der Waals surface area contributed by atoms with E-state index in [2.05, 4.69) is 39.9 Å². The normalized spacial score (nSPS) is 21.0. The molecule has 21 heavy (non-hydrogen) atoms. The second kappa shape index (κ2) is 5.21. The smallest absolute Gasteiger partial charge is 0.0769 e. The van der Waals surface area contributed by atoms with Gasteiger partial charge in [0, 0.05) is 23.9 Å². The third-order valence-corrected chi connectivity index (χ3v) is 5.23. The summed E-state index contributed by atoms with van der Waals surface area (Å²) in [7, 11) is 0. The SMILES string of the molecule is c1ccc2c3c(cnc2c1)NCC1(CCCCCC1)CN3. The Balaban J connectivity index is 1.70. The van der Waals surface area contributed by atoms with Crippen LogP contribution in [-0.4, -0.2) is 18.1 Å². The van der Waals surface area contributed by atoms with E-state index in [9.17, 15) is 0 Å². The highest BCUT2D eigenvalue weighted by Gasteiger charge is 2.33. The van der Waals surface area contributed by atoms with Gasteiger partial charge in [-0.15, -0.1) is 0 Å². The molecular weight excluding hydrogens is 258 g/mol. The number of rotatable bonds is 0. The van der Waals surface area contributed by atoms with Crippen molar-refractivity contribution in [2.45, 2.75) is 38.5 Å². The fraction of sp³-hybridized carbons (Fsp3) is 0.500. The van der Waals surface area contributed by atoms with Crippen molar-refractivity contribution in [2.75, 3.05) is 23.7 Å². The van der Waals surface area contributed by atoms with Gasteiger partial charge in [0.2, 0.25) is 0 Å². The molecule has 3 heteroatoms. The molecule has 0 unspecified atom stereocenters. The summed E-state index contributed by atoms with van der Waals surface area (Å²) in [5.74, 6) is 0. The molecule has 2 aliphatic rings. The number of nitrogens with one attached hydrogen (secondary N) is 2. The molecule has 1 aromatic heterocycles. The van der Waals surface area contributed by atoms with Crippen LogP contribution in [0.4, 0.5) is 11.4 Å². The molecule has 1 spiro atoms. The van der Waals surface area contributed by atoms with Crippen LogP contribution >= 0.6 is 0 Å². The topological polar surface area (TPSA) is 37.0 Å². The molecule has 1 aliphatic carbocycles. The lowest BCUT2D eigenvalue weighted by Crippen LogP contribution is -2.34. The molecule has 1 aliphatic heterocycles. The standard InChI is InChI=1S/C18H23N3/c1-2-6-10-18(9-5-1)12-20-16-11-19-15-8-4-3-7-14(15)17(16)21-13-18/h3-4,7-8,11,20-21H,1-2,5-6,9-10,12-13H2. The Hall–Kier alpha value is -1.77. The summed E-state index contributed by atoms with van der Waals surface area (Å²) in [5, 5.41) is 8.66. The lowest BCUT2D eigenvalue weighted by atomic mass is 9.80. The molecule has 3 nitrogen and oxygen atoms in total. The van der Waals surface area contributed by atoms with Gasteiger partial charge in [0.1, 0.15) is 0 Å². The summed E-state index contributed by atoms with van der Waals surface area (Å²) in [5.41, 5.74) is 3.88. The molecule has 1 aromatic carbocycles. The number of hydrogen-bond acceptors (Lipinski definition) is 3. The molecule has 0 saturated heterocycles. The first-order valence-electron chi connectivity index (χ1n) is 8.22. The number of aromatic nitrogens is 1. The summed E-state index contributed by atoms with van der Waals surface area (Å²) in [6.45, 7) is 2.16. The van der Waals surface area contributed by atoms with Crippen LogP contribution in [0.1, 0.15) is 38.5 Å². The van der Waals surface area contributed by atoms with E-state index in [0.29, 0.717) is 5.41 Å². The van der Waals surface area contributed by atoms with Crippen LogP contribution in [-0.2, 0) is 0 Å². The molecule has 0 amide bonds. The van der Waals surface area contributed by atoms with Gasteiger partial charge in [-0.3, -0.25) is 4.98 Å². The van der Waals surface area contributed by atoms with E-state index in [0.717, 1.165) is 24.3 Å². The average Bonchev–Trinajstić information content (AvgIpc) is 2.87. The molecule has 4 rings (SSSR count). The molecule has 0 bridgehead atoms. The molecule has 1 saturated carbocycles. The monoisotopic (exact) mass is 281 g/mol. The van der Waals surface area contributed by atoms with Gasteiger partial charge in [-0.25, -0.2) is 0 Å². The fourth-order valence-corrected chi connectivity index (χ4v) is 3.92. The van der Waals surface area contributed by atoms with Crippen molar-refractivity contribution in [3.63, 3.8) is 0 Å². The first kappa shape index (κ1) is 12.9. The molecule has 1 fully saturated rings. The molecule has 0 atom stereocenters. The minimum atomic E-state index is 0.413. The zero-order valence-corrected chi connectivity index (χ0v) is 12.5. The van der Waals surface area contributed by atoms with Crippen LogP contribution in [0, 0.1) is 5.41 Å². The van der Waals surface area contributed by atoms with Crippen LogP contribution in [0.25, 0.3) is 10.9 Å². The highest BCUT2D eigenvalue weighted by molar-refractivity contribution is 5.97. The average molecular weight is 281 g/mol. The predicted octanol–water partition coefficient (Wildman–Crippen LogP) is 4.41. The van der Waals surface area contributed by atoms with Crippen molar-refractivity contribution >= 4 is 22.3 Å². The van der Waals surface area contributed by atoms with Gasteiger partial charge >= 0.3 is 0 Å². The summed E-state index contributed by atoms with van der Waals surface area (Å²) in [6, 6.07) is 8.40. The van der Waals surface area contributed by atoms with E-state index in [-0.39, 0.29) is 0 Å².